The first-order chi connectivity index (χ1) is 15.5. The van der Waals surface area contributed by atoms with E-state index in [1.165, 1.54) is 0 Å². The molecule has 1 fully saturated rings. The van der Waals surface area contributed by atoms with Crippen LogP contribution >= 0.6 is 0 Å². The highest BCUT2D eigenvalue weighted by Crippen LogP contribution is 2.36. The van der Waals surface area contributed by atoms with Gasteiger partial charge in [0.1, 0.15) is 31.9 Å². The van der Waals surface area contributed by atoms with Gasteiger partial charge in [-0.05, 0) is 37.3 Å². The number of amides is 1. The van der Waals surface area contributed by atoms with Gasteiger partial charge in [-0.3, -0.25) is 9.69 Å². The minimum atomic E-state index is -0.828. The molecule has 8 heteroatoms. The fraction of sp³-hybridized carbons (Fsp3) is 0.542. The molecule has 0 radical (unpaired) electrons. The van der Waals surface area contributed by atoms with Crippen molar-refractivity contribution in [2.45, 2.75) is 50.4 Å². The predicted molar refractivity (Wildman–Crippen MR) is 119 cm³/mol. The molecule has 0 spiro atoms. The molecule has 32 heavy (non-hydrogen) atoms. The van der Waals surface area contributed by atoms with Crippen molar-refractivity contribution in [3.05, 3.63) is 54.6 Å². The highest BCUT2D eigenvalue weighted by Gasteiger charge is 2.39. The summed E-state index contributed by atoms with van der Waals surface area (Å²) in [4.78, 5) is 12.7. The monoisotopic (exact) mass is 449 g/mol. The Bertz CT molecular complexity index is 720. The molecule has 1 aromatic rings. The van der Waals surface area contributed by atoms with Crippen molar-refractivity contribution in [1.29, 1.82) is 0 Å². The van der Waals surface area contributed by atoms with Crippen LogP contribution in [-0.2, 0) is 4.79 Å². The molecule has 178 valence electrons. The minimum absolute atomic E-state index is 0.0964. The molecule has 1 aliphatic carbocycles. The van der Waals surface area contributed by atoms with E-state index in [2.05, 4.69) is 0 Å². The summed E-state index contributed by atoms with van der Waals surface area (Å²) in [6, 6.07) is 9.19. The quantitative estimate of drug-likeness (QED) is 0.174. The summed E-state index contributed by atoms with van der Waals surface area (Å²) in [5, 5.41) is 48.7. The third-order valence-corrected chi connectivity index (χ3v) is 5.67. The summed E-state index contributed by atoms with van der Waals surface area (Å²) in [5.74, 6) is -0.0786. The van der Waals surface area contributed by atoms with Crippen molar-refractivity contribution in [2.24, 2.45) is 11.8 Å². The van der Waals surface area contributed by atoms with Gasteiger partial charge in [0.15, 0.2) is 0 Å². The van der Waals surface area contributed by atoms with Gasteiger partial charge in [-0.1, -0.05) is 42.5 Å². The number of aliphatic hydroxyl groups is 5. The zero-order chi connectivity index (χ0) is 23.3. The maximum Gasteiger partial charge on any atom is 0.226 e. The smallest absolute Gasteiger partial charge is 0.226 e. The maximum atomic E-state index is 11.7. The first kappa shape index (κ1) is 26.0. The topological polar surface area (TPSA) is 131 Å². The molecule has 1 amide bonds. The third-order valence-electron chi connectivity index (χ3n) is 5.67. The normalized spacial score (nSPS) is 24.3. The number of nitrogens with zero attached hydrogens (tertiary/aromatic N) is 1. The zero-order valence-electron chi connectivity index (χ0n) is 18.2. The number of carbonyl (C=O) groups is 1. The number of aliphatic hydroxyl groups excluding tert-OH is 5. The summed E-state index contributed by atoms with van der Waals surface area (Å²) >= 11 is 0. The number of ether oxygens (including phenoxy) is 1. The van der Waals surface area contributed by atoms with Gasteiger partial charge in [0.05, 0.1) is 12.2 Å². The number of benzene rings is 1. The van der Waals surface area contributed by atoms with Crippen LogP contribution in [0.1, 0.15) is 32.1 Å². The minimum Gasteiger partial charge on any atom is -0.491 e. The largest absolute Gasteiger partial charge is 0.491 e. The van der Waals surface area contributed by atoms with Crippen LogP contribution in [0.2, 0.25) is 0 Å². The first-order valence-corrected chi connectivity index (χ1v) is 11.0. The van der Waals surface area contributed by atoms with Crippen molar-refractivity contribution in [3.63, 3.8) is 0 Å². The number of para-hydroxylation sites is 1. The lowest BCUT2D eigenvalue weighted by atomic mass is 9.89. The third kappa shape index (κ3) is 8.37. The van der Waals surface area contributed by atoms with Crippen molar-refractivity contribution < 1.29 is 35.1 Å². The van der Waals surface area contributed by atoms with Gasteiger partial charge in [-0.25, -0.2) is 0 Å². The second kappa shape index (κ2) is 14.0. The maximum absolute atomic E-state index is 11.7. The Balaban J connectivity index is 1.77. The van der Waals surface area contributed by atoms with E-state index >= 15 is 0 Å². The lowest BCUT2D eigenvalue weighted by molar-refractivity contribution is -0.139. The van der Waals surface area contributed by atoms with Crippen LogP contribution in [0.25, 0.3) is 0 Å². The van der Waals surface area contributed by atoms with Gasteiger partial charge in [-0.2, -0.15) is 0 Å². The average molecular weight is 450 g/mol. The molecule has 5 atom stereocenters. The number of hydrogen-bond donors (Lipinski definition) is 5. The standard InChI is InChI=1S/C24H35NO7/c26-16-25(17-27)24(31)11-7-2-1-6-10-20-21(23(30)14-22(20)29)13-12-18(28)15-32-19-8-4-3-5-9-19/h1,3-6,8-9,12-13,18,20-23,26-30H,2,7,10-11,14-17H2/b6-1-,13-12+/t18-,20-,21-,22+,23-/m1/s1. The second-order valence-corrected chi connectivity index (χ2v) is 8.00. The lowest BCUT2D eigenvalue weighted by Crippen LogP contribution is -2.32. The summed E-state index contributed by atoms with van der Waals surface area (Å²) in [6.45, 7) is -0.913. The van der Waals surface area contributed by atoms with Gasteiger partial charge in [0.25, 0.3) is 0 Å². The van der Waals surface area contributed by atoms with E-state index < -0.39 is 31.8 Å². The van der Waals surface area contributed by atoms with Crippen LogP contribution in [0.3, 0.4) is 0 Å². The molecule has 2 rings (SSSR count). The molecule has 0 saturated heterocycles. The molecule has 1 aromatic carbocycles. The summed E-state index contributed by atoms with van der Waals surface area (Å²) < 4.78 is 5.53. The Hall–Kier alpha value is -2.23. The van der Waals surface area contributed by atoms with E-state index in [9.17, 15) is 20.1 Å². The Morgan fingerprint density at radius 3 is 2.53 bits per heavy atom. The van der Waals surface area contributed by atoms with E-state index in [1.54, 1.807) is 24.3 Å². The van der Waals surface area contributed by atoms with E-state index in [4.69, 9.17) is 14.9 Å². The van der Waals surface area contributed by atoms with Crippen LogP contribution < -0.4 is 4.74 Å². The van der Waals surface area contributed by atoms with E-state index in [-0.39, 0.29) is 37.2 Å². The Kier molecular flexibility index (Phi) is 11.4. The molecule has 1 saturated carbocycles. The molecule has 1 aliphatic rings. The predicted octanol–water partition coefficient (Wildman–Crippen LogP) is 1.19. The highest BCUT2D eigenvalue weighted by atomic mass is 16.5. The van der Waals surface area contributed by atoms with Gasteiger partial charge in [0.2, 0.25) is 5.91 Å². The Morgan fingerprint density at radius 2 is 1.84 bits per heavy atom. The SMILES string of the molecule is O=C(CCC/C=C\C[C@@H]1[C@@H](/C=C/[C@@H](O)COc2ccccc2)[C@H](O)C[C@@H]1O)N(CO)CO. The van der Waals surface area contributed by atoms with Crippen molar-refractivity contribution in [3.8, 4) is 5.75 Å². The van der Waals surface area contributed by atoms with Crippen molar-refractivity contribution >= 4 is 5.91 Å². The summed E-state index contributed by atoms with van der Waals surface area (Å²) in [5.41, 5.74) is 0. The van der Waals surface area contributed by atoms with Crippen LogP contribution in [0, 0.1) is 11.8 Å². The van der Waals surface area contributed by atoms with Crippen LogP contribution in [0.4, 0.5) is 0 Å². The summed E-state index contributed by atoms with van der Waals surface area (Å²) in [6.07, 6.45) is 7.40. The second-order valence-electron chi connectivity index (χ2n) is 8.00. The fourth-order valence-corrected chi connectivity index (χ4v) is 3.82. The molecule has 0 bridgehead atoms. The number of allylic oxidation sites excluding steroid dienone is 2. The van der Waals surface area contributed by atoms with Crippen LogP contribution in [0.15, 0.2) is 54.6 Å². The first-order valence-electron chi connectivity index (χ1n) is 11.0. The Morgan fingerprint density at radius 1 is 1.12 bits per heavy atom. The molecule has 0 heterocycles. The molecular formula is C24H35NO7. The highest BCUT2D eigenvalue weighted by molar-refractivity contribution is 5.75. The van der Waals surface area contributed by atoms with E-state index in [0.717, 1.165) is 4.90 Å². The average Bonchev–Trinajstić information content (AvgIpc) is 3.06. The number of hydrogen-bond acceptors (Lipinski definition) is 7. The van der Waals surface area contributed by atoms with E-state index in [0.29, 0.717) is 25.0 Å². The number of rotatable bonds is 13. The van der Waals surface area contributed by atoms with Crippen LogP contribution in [-0.4, -0.2) is 74.7 Å². The van der Waals surface area contributed by atoms with Gasteiger partial charge in [-0.15, -0.1) is 0 Å². The zero-order valence-corrected chi connectivity index (χ0v) is 18.2. The number of carbonyl (C=O) groups excluding carboxylic acids is 1. The van der Waals surface area contributed by atoms with Crippen LogP contribution in [0.5, 0.6) is 5.75 Å². The molecule has 0 aromatic heterocycles. The lowest BCUT2D eigenvalue weighted by Gasteiger charge is -2.19. The molecule has 5 N–H and O–H groups in total. The van der Waals surface area contributed by atoms with Crippen molar-refractivity contribution in [2.75, 3.05) is 20.1 Å². The molecule has 0 aliphatic heterocycles. The molecule has 0 unspecified atom stereocenters. The van der Waals surface area contributed by atoms with Gasteiger partial charge in [0, 0.05) is 18.8 Å². The van der Waals surface area contributed by atoms with Gasteiger partial charge >= 0.3 is 0 Å². The number of unbranched alkanes of at least 4 members (excludes halogenated alkanes) is 1. The van der Waals surface area contributed by atoms with Gasteiger partial charge < -0.3 is 30.3 Å². The fourth-order valence-electron chi connectivity index (χ4n) is 3.82. The van der Waals surface area contributed by atoms with Crippen molar-refractivity contribution in [1.82, 2.24) is 4.90 Å². The van der Waals surface area contributed by atoms with E-state index in [1.807, 2.05) is 30.4 Å². The summed E-state index contributed by atoms with van der Waals surface area (Å²) in [7, 11) is 0. The Labute approximate surface area is 189 Å². The molecule has 8 nitrogen and oxygen atoms in total. The molecular weight excluding hydrogens is 414 g/mol.